The number of halogens is 1. The molecule has 0 N–H and O–H groups in total. The number of hydrogen-bond acceptors (Lipinski definition) is 0. The van der Waals surface area contributed by atoms with Crippen LogP contribution in [0, 0.1) is 0 Å². The number of hydrogen-bond donors (Lipinski definition) is 0. The third kappa shape index (κ3) is 1.27. The van der Waals surface area contributed by atoms with Crippen LogP contribution in [-0.2, 0) is 5.41 Å². The number of allylic oxidation sites excluding steroid dienone is 4. The molecular formula is C15H15Br. The molecule has 2 aliphatic carbocycles. The van der Waals surface area contributed by atoms with E-state index in [1.165, 1.54) is 34.0 Å². The van der Waals surface area contributed by atoms with Gasteiger partial charge in [0, 0.05) is 9.89 Å². The van der Waals surface area contributed by atoms with Crippen molar-refractivity contribution in [3.63, 3.8) is 0 Å². The van der Waals surface area contributed by atoms with Gasteiger partial charge in [0.1, 0.15) is 0 Å². The molecule has 0 unspecified atom stereocenters. The molecule has 2 aliphatic rings. The van der Waals surface area contributed by atoms with Gasteiger partial charge in [0.15, 0.2) is 0 Å². The molecule has 0 spiro atoms. The fourth-order valence-corrected chi connectivity index (χ4v) is 3.33. The summed E-state index contributed by atoms with van der Waals surface area (Å²) in [5.41, 5.74) is 6.19. The second-order valence-electron chi connectivity index (χ2n) is 5.15. The zero-order valence-corrected chi connectivity index (χ0v) is 11.3. The first kappa shape index (κ1) is 10.3. The topological polar surface area (TPSA) is 0 Å². The van der Waals surface area contributed by atoms with Crippen LogP contribution in [0.3, 0.4) is 0 Å². The van der Waals surface area contributed by atoms with Crippen molar-refractivity contribution in [2.45, 2.75) is 32.1 Å². The highest BCUT2D eigenvalue weighted by Crippen LogP contribution is 2.50. The Morgan fingerprint density at radius 1 is 1.25 bits per heavy atom. The highest BCUT2D eigenvalue weighted by molar-refractivity contribution is 9.10. The van der Waals surface area contributed by atoms with Gasteiger partial charge in [-0.2, -0.15) is 0 Å². The van der Waals surface area contributed by atoms with Crippen LogP contribution >= 0.6 is 15.9 Å². The van der Waals surface area contributed by atoms with E-state index in [1.807, 2.05) is 0 Å². The Labute approximate surface area is 105 Å². The SMILES string of the molecule is CC1(C)C2=C(CCC=C2)c2ccc(Br)cc21. The maximum atomic E-state index is 3.58. The standard InChI is InChI=1S/C15H15Br/c1-15(2)13-6-4-3-5-11(13)12-8-7-10(16)9-14(12)15/h4,6-9H,3,5H2,1-2H3. The van der Waals surface area contributed by atoms with Crippen molar-refractivity contribution >= 4 is 21.5 Å². The lowest BCUT2D eigenvalue weighted by molar-refractivity contribution is 0.651. The molecule has 0 saturated heterocycles. The minimum atomic E-state index is 0.172. The Morgan fingerprint density at radius 3 is 2.88 bits per heavy atom. The van der Waals surface area contributed by atoms with Crippen LogP contribution in [0.2, 0.25) is 0 Å². The number of benzene rings is 1. The van der Waals surface area contributed by atoms with Crippen LogP contribution in [0.1, 0.15) is 37.8 Å². The normalized spacial score (nSPS) is 20.9. The third-order valence-corrected chi connectivity index (χ3v) is 4.32. The smallest absolute Gasteiger partial charge is 0.0178 e. The lowest BCUT2D eigenvalue weighted by Gasteiger charge is -2.24. The molecule has 3 rings (SSSR count). The summed E-state index contributed by atoms with van der Waals surface area (Å²) in [5.74, 6) is 0. The molecule has 1 aromatic carbocycles. The first-order valence-electron chi connectivity index (χ1n) is 5.81. The molecule has 82 valence electrons. The molecule has 0 radical (unpaired) electrons. The van der Waals surface area contributed by atoms with Crippen LogP contribution in [0.25, 0.3) is 5.57 Å². The highest BCUT2D eigenvalue weighted by Gasteiger charge is 2.36. The van der Waals surface area contributed by atoms with Crippen LogP contribution in [0.4, 0.5) is 0 Å². The summed E-state index contributed by atoms with van der Waals surface area (Å²) in [6, 6.07) is 6.70. The fraction of sp³-hybridized carbons (Fsp3) is 0.333. The maximum Gasteiger partial charge on any atom is 0.0178 e. The first-order valence-corrected chi connectivity index (χ1v) is 6.60. The van der Waals surface area contributed by atoms with Crippen LogP contribution in [0.15, 0.2) is 40.4 Å². The van der Waals surface area contributed by atoms with Gasteiger partial charge in [-0.15, -0.1) is 0 Å². The minimum absolute atomic E-state index is 0.172. The molecule has 0 nitrogen and oxygen atoms in total. The van der Waals surface area contributed by atoms with Gasteiger partial charge in [-0.25, -0.2) is 0 Å². The minimum Gasteiger partial charge on any atom is -0.0839 e. The molecule has 0 aliphatic heterocycles. The van der Waals surface area contributed by atoms with Gasteiger partial charge in [0.25, 0.3) is 0 Å². The molecule has 0 amide bonds. The van der Waals surface area contributed by atoms with Crippen molar-refractivity contribution in [3.8, 4) is 0 Å². The van der Waals surface area contributed by atoms with Crippen LogP contribution in [-0.4, -0.2) is 0 Å². The fourth-order valence-electron chi connectivity index (χ4n) is 2.97. The van der Waals surface area contributed by atoms with E-state index in [0.717, 1.165) is 0 Å². The van der Waals surface area contributed by atoms with E-state index >= 15 is 0 Å². The zero-order valence-electron chi connectivity index (χ0n) is 9.68. The van der Waals surface area contributed by atoms with Crippen molar-refractivity contribution in [2.24, 2.45) is 0 Å². The Kier molecular flexibility index (Phi) is 2.16. The van der Waals surface area contributed by atoms with Gasteiger partial charge in [-0.3, -0.25) is 0 Å². The Hall–Kier alpha value is -0.820. The molecule has 1 aromatic rings. The van der Waals surface area contributed by atoms with Gasteiger partial charge in [-0.05, 0) is 47.2 Å². The van der Waals surface area contributed by atoms with Gasteiger partial charge in [0.2, 0.25) is 0 Å². The Morgan fingerprint density at radius 2 is 2.06 bits per heavy atom. The largest absolute Gasteiger partial charge is 0.0839 e. The van der Waals surface area contributed by atoms with Crippen molar-refractivity contribution in [1.29, 1.82) is 0 Å². The lowest BCUT2D eigenvalue weighted by Crippen LogP contribution is -2.16. The zero-order chi connectivity index (χ0) is 11.3. The Balaban J connectivity index is 2.28. The summed E-state index contributed by atoms with van der Waals surface area (Å²) in [4.78, 5) is 0. The maximum absolute atomic E-state index is 3.58. The average Bonchev–Trinajstić information content (AvgIpc) is 2.49. The first-order chi connectivity index (χ1) is 7.60. The van der Waals surface area contributed by atoms with Gasteiger partial charge in [0.05, 0.1) is 0 Å². The average molecular weight is 275 g/mol. The van der Waals surface area contributed by atoms with E-state index in [9.17, 15) is 0 Å². The van der Waals surface area contributed by atoms with E-state index < -0.39 is 0 Å². The van der Waals surface area contributed by atoms with Gasteiger partial charge >= 0.3 is 0 Å². The Bertz CT molecular complexity index is 518. The molecule has 1 heteroatoms. The predicted molar refractivity (Wildman–Crippen MR) is 72.5 cm³/mol. The quantitative estimate of drug-likeness (QED) is 0.635. The molecule has 0 atom stereocenters. The second kappa shape index (κ2) is 3.33. The van der Waals surface area contributed by atoms with E-state index in [4.69, 9.17) is 0 Å². The molecule has 0 saturated carbocycles. The van der Waals surface area contributed by atoms with E-state index in [1.54, 1.807) is 5.57 Å². The van der Waals surface area contributed by atoms with Crippen LogP contribution < -0.4 is 0 Å². The lowest BCUT2D eigenvalue weighted by atomic mass is 9.80. The van der Waals surface area contributed by atoms with Crippen molar-refractivity contribution < 1.29 is 0 Å². The van der Waals surface area contributed by atoms with E-state index in [2.05, 4.69) is 60.1 Å². The summed E-state index contributed by atoms with van der Waals surface area (Å²) in [5, 5.41) is 0. The van der Waals surface area contributed by atoms with Crippen molar-refractivity contribution in [3.05, 3.63) is 51.5 Å². The highest BCUT2D eigenvalue weighted by atomic mass is 79.9. The third-order valence-electron chi connectivity index (χ3n) is 3.82. The number of rotatable bonds is 0. The number of fused-ring (bicyclic) bond motifs is 2. The van der Waals surface area contributed by atoms with Crippen LogP contribution in [0.5, 0.6) is 0 Å². The molecule has 0 heterocycles. The summed E-state index contributed by atoms with van der Waals surface area (Å²) in [6.45, 7) is 4.66. The summed E-state index contributed by atoms with van der Waals surface area (Å²) in [6.07, 6.45) is 7.02. The predicted octanol–water partition coefficient (Wildman–Crippen LogP) is 4.84. The van der Waals surface area contributed by atoms with Gasteiger partial charge < -0.3 is 0 Å². The summed E-state index contributed by atoms with van der Waals surface area (Å²) < 4.78 is 1.18. The molecule has 0 aromatic heterocycles. The van der Waals surface area contributed by atoms with Crippen molar-refractivity contribution in [2.75, 3.05) is 0 Å². The molecule has 0 bridgehead atoms. The van der Waals surface area contributed by atoms with Gasteiger partial charge in [-0.1, -0.05) is 48.0 Å². The molecule has 16 heavy (non-hydrogen) atoms. The molecular weight excluding hydrogens is 260 g/mol. The summed E-state index contributed by atoms with van der Waals surface area (Å²) in [7, 11) is 0. The second-order valence-corrected chi connectivity index (χ2v) is 6.06. The van der Waals surface area contributed by atoms with E-state index in [-0.39, 0.29) is 5.41 Å². The molecule has 0 fully saturated rings. The van der Waals surface area contributed by atoms with Crippen molar-refractivity contribution in [1.82, 2.24) is 0 Å². The van der Waals surface area contributed by atoms with E-state index in [0.29, 0.717) is 0 Å². The summed E-state index contributed by atoms with van der Waals surface area (Å²) >= 11 is 3.58. The monoisotopic (exact) mass is 274 g/mol.